The van der Waals surface area contributed by atoms with Gasteiger partial charge in [-0.25, -0.2) is 0 Å². The van der Waals surface area contributed by atoms with Gasteiger partial charge in [-0.3, -0.25) is 9.78 Å². The Balaban J connectivity index is 1.31. The molecule has 2 aliphatic carbocycles. The van der Waals surface area contributed by atoms with Gasteiger partial charge in [0.1, 0.15) is 0 Å². The molecule has 1 amide bonds. The molecule has 1 aromatic rings. The minimum atomic E-state index is -0.617. The van der Waals surface area contributed by atoms with Gasteiger partial charge in [-0.2, -0.15) is 0 Å². The molecule has 0 atom stereocenters. The zero-order valence-electron chi connectivity index (χ0n) is 15.9. The molecule has 3 aliphatic rings. The van der Waals surface area contributed by atoms with Crippen LogP contribution in [0, 0.1) is 11.3 Å². The van der Waals surface area contributed by atoms with E-state index in [1.807, 2.05) is 11.8 Å². The Morgan fingerprint density at radius 2 is 1.84 bits per heavy atom. The Morgan fingerprint density at radius 1 is 1.20 bits per heavy atom. The summed E-state index contributed by atoms with van der Waals surface area (Å²) in [6.07, 6.45) is 3.56. The van der Waals surface area contributed by atoms with Crippen LogP contribution in [0.1, 0.15) is 70.7 Å². The summed E-state index contributed by atoms with van der Waals surface area (Å²) >= 11 is 0. The van der Waals surface area contributed by atoms with Crippen molar-refractivity contribution in [1.29, 1.82) is 0 Å². The van der Waals surface area contributed by atoms with Gasteiger partial charge in [0.05, 0.1) is 5.60 Å². The molecule has 4 nitrogen and oxygen atoms in total. The van der Waals surface area contributed by atoms with Crippen LogP contribution in [0.2, 0.25) is 0 Å². The van der Waals surface area contributed by atoms with E-state index in [0.29, 0.717) is 24.2 Å². The maximum atomic E-state index is 12.4. The number of likely N-dealkylation sites (tertiary alicyclic amines) is 1. The molecule has 1 aliphatic heterocycles. The molecule has 0 unspecified atom stereocenters. The van der Waals surface area contributed by atoms with Gasteiger partial charge in [-0.05, 0) is 44.7 Å². The van der Waals surface area contributed by atoms with E-state index in [1.54, 1.807) is 0 Å². The minimum absolute atomic E-state index is 0.0494. The second-order valence-corrected chi connectivity index (χ2v) is 10.1. The molecular weight excluding hydrogens is 312 g/mol. The van der Waals surface area contributed by atoms with Gasteiger partial charge in [0.15, 0.2) is 0 Å². The Kier molecular flexibility index (Phi) is 3.60. The summed E-state index contributed by atoms with van der Waals surface area (Å²) < 4.78 is 0. The molecular formula is C21H30N2O2. The maximum Gasteiger partial charge on any atom is 0.225 e. The fourth-order valence-corrected chi connectivity index (χ4v) is 4.90. The molecule has 2 heterocycles. The van der Waals surface area contributed by atoms with Gasteiger partial charge in [-0.1, -0.05) is 26.8 Å². The largest absolute Gasteiger partial charge is 0.390 e. The molecule has 0 radical (unpaired) electrons. The van der Waals surface area contributed by atoms with E-state index >= 15 is 0 Å². The second-order valence-electron chi connectivity index (χ2n) is 10.1. The fraction of sp³-hybridized carbons (Fsp3) is 0.714. The minimum Gasteiger partial charge on any atom is -0.390 e. The third kappa shape index (κ3) is 2.99. The van der Waals surface area contributed by atoms with Crippen molar-refractivity contribution in [2.24, 2.45) is 11.3 Å². The molecule has 3 fully saturated rings. The van der Waals surface area contributed by atoms with Crippen LogP contribution in [0.5, 0.6) is 0 Å². The molecule has 0 bridgehead atoms. The number of hydrogen-bond acceptors (Lipinski definition) is 3. The number of rotatable bonds is 2. The smallest absolute Gasteiger partial charge is 0.225 e. The topological polar surface area (TPSA) is 53.4 Å². The Bertz CT molecular complexity index is 682. The number of carbonyl (C=O) groups is 1. The lowest BCUT2D eigenvalue weighted by molar-refractivity contribution is -0.168. The second kappa shape index (κ2) is 5.29. The van der Waals surface area contributed by atoms with Crippen molar-refractivity contribution in [3.8, 4) is 0 Å². The normalized spacial score (nSPS) is 31.2. The van der Waals surface area contributed by atoms with Crippen molar-refractivity contribution in [3.63, 3.8) is 0 Å². The predicted molar refractivity (Wildman–Crippen MR) is 97.3 cm³/mol. The van der Waals surface area contributed by atoms with E-state index in [2.05, 4.69) is 39.0 Å². The highest BCUT2D eigenvalue weighted by molar-refractivity contribution is 5.81. The average molecular weight is 342 g/mol. The summed E-state index contributed by atoms with van der Waals surface area (Å²) in [6, 6.07) is 6.41. The van der Waals surface area contributed by atoms with E-state index in [0.717, 1.165) is 31.6 Å². The summed E-state index contributed by atoms with van der Waals surface area (Å²) in [5.41, 5.74) is 2.19. The number of carbonyl (C=O) groups excluding carboxylic acids is 1. The van der Waals surface area contributed by atoms with Crippen molar-refractivity contribution in [2.45, 2.75) is 70.3 Å². The predicted octanol–water partition coefficient (Wildman–Crippen LogP) is 3.25. The Morgan fingerprint density at radius 3 is 2.40 bits per heavy atom. The van der Waals surface area contributed by atoms with Crippen molar-refractivity contribution in [2.75, 3.05) is 13.1 Å². The van der Waals surface area contributed by atoms with Gasteiger partial charge in [-0.15, -0.1) is 0 Å². The van der Waals surface area contributed by atoms with Crippen LogP contribution in [-0.4, -0.2) is 39.6 Å². The highest BCUT2D eigenvalue weighted by Gasteiger charge is 2.56. The number of nitrogens with zero attached hydrogens (tertiary/aromatic N) is 2. The number of pyridine rings is 1. The summed E-state index contributed by atoms with van der Waals surface area (Å²) in [5, 5.41) is 9.83. The first-order chi connectivity index (χ1) is 11.6. The van der Waals surface area contributed by atoms with E-state index < -0.39 is 5.60 Å². The van der Waals surface area contributed by atoms with Gasteiger partial charge < -0.3 is 10.0 Å². The monoisotopic (exact) mass is 342 g/mol. The Labute approximate surface area is 150 Å². The maximum absolute atomic E-state index is 12.4. The highest BCUT2D eigenvalue weighted by Crippen LogP contribution is 2.56. The van der Waals surface area contributed by atoms with Gasteiger partial charge in [0.2, 0.25) is 5.91 Å². The van der Waals surface area contributed by atoms with Crippen LogP contribution in [0.25, 0.3) is 0 Å². The number of aliphatic hydroxyl groups is 1. The van der Waals surface area contributed by atoms with E-state index in [4.69, 9.17) is 4.98 Å². The van der Waals surface area contributed by atoms with Crippen LogP contribution >= 0.6 is 0 Å². The lowest BCUT2D eigenvalue weighted by atomic mass is 9.56. The SMILES string of the molecule is CC1(O)CC(C(=O)N2CC3(CC(c4cccc(C(C)(C)C)n4)C3)C2)C1. The van der Waals surface area contributed by atoms with Crippen molar-refractivity contribution < 1.29 is 9.90 Å². The zero-order chi connectivity index (χ0) is 18.0. The molecule has 4 heteroatoms. The molecule has 1 aromatic heterocycles. The van der Waals surface area contributed by atoms with E-state index in [1.165, 1.54) is 5.69 Å². The van der Waals surface area contributed by atoms with Crippen LogP contribution < -0.4 is 0 Å². The molecule has 1 saturated heterocycles. The van der Waals surface area contributed by atoms with E-state index in [9.17, 15) is 9.90 Å². The molecule has 4 rings (SSSR count). The van der Waals surface area contributed by atoms with Crippen LogP contribution in [0.3, 0.4) is 0 Å². The third-order valence-electron chi connectivity index (χ3n) is 6.40. The lowest BCUT2D eigenvalue weighted by Crippen LogP contribution is -2.65. The molecule has 136 valence electrons. The molecule has 25 heavy (non-hydrogen) atoms. The number of amides is 1. The first-order valence-corrected chi connectivity index (χ1v) is 9.56. The zero-order valence-corrected chi connectivity index (χ0v) is 15.9. The molecule has 2 saturated carbocycles. The summed E-state index contributed by atoms with van der Waals surface area (Å²) in [7, 11) is 0. The molecule has 1 N–H and O–H groups in total. The molecule has 1 spiro atoms. The standard InChI is InChI=1S/C21H30N2O2/c1-19(2,3)17-7-5-6-16(22-17)14-10-21(11-14)12-23(13-21)18(24)15-8-20(4,25)9-15/h5-7,14-15,25H,8-13H2,1-4H3. The summed E-state index contributed by atoms with van der Waals surface area (Å²) in [6.45, 7) is 10.2. The lowest BCUT2D eigenvalue weighted by Gasteiger charge is -2.60. The summed E-state index contributed by atoms with van der Waals surface area (Å²) in [5.74, 6) is 0.853. The van der Waals surface area contributed by atoms with Gasteiger partial charge >= 0.3 is 0 Å². The van der Waals surface area contributed by atoms with Gasteiger partial charge in [0, 0.05) is 47.1 Å². The summed E-state index contributed by atoms with van der Waals surface area (Å²) in [4.78, 5) is 19.3. The quantitative estimate of drug-likeness (QED) is 0.898. The van der Waals surface area contributed by atoms with Crippen LogP contribution in [0.4, 0.5) is 0 Å². The van der Waals surface area contributed by atoms with Crippen molar-refractivity contribution >= 4 is 5.91 Å². The van der Waals surface area contributed by atoms with Crippen molar-refractivity contribution in [1.82, 2.24) is 9.88 Å². The number of hydrogen-bond donors (Lipinski definition) is 1. The molecule has 0 aromatic carbocycles. The van der Waals surface area contributed by atoms with Gasteiger partial charge in [0.25, 0.3) is 0 Å². The first kappa shape index (κ1) is 17.0. The Hall–Kier alpha value is -1.42. The van der Waals surface area contributed by atoms with Crippen LogP contribution in [-0.2, 0) is 10.2 Å². The average Bonchev–Trinajstić information content (AvgIpc) is 2.41. The fourth-order valence-electron chi connectivity index (χ4n) is 4.90. The van der Waals surface area contributed by atoms with Crippen LogP contribution in [0.15, 0.2) is 18.2 Å². The van der Waals surface area contributed by atoms with Crippen molar-refractivity contribution in [3.05, 3.63) is 29.6 Å². The first-order valence-electron chi connectivity index (χ1n) is 9.56. The number of aromatic nitrogens is 1. The van der Waals surface area contributed by atoms with E-state index in [-0.39, 0.29) is 17.2 Å². The highest BCUT2D eigenvalue weighted by atomic mass is 16.3. The third-order valence-corrected chi connectivity index (χ3v) is 6.40.